The first-order chi connectivity index (χ1) is 8.65. The summed E-state index contributed by atoms with van der Waals surface area (Å²) in [5.74, 6) is 0. The largest absolute Gasteiger partial charge is 0.389 e. The van der Waals surface area contributed by atoms with E-state index in [4.69, 9.17) is 4.42 Å². The van der Waals surface area contributed by atoms with Crippen LogP contribution in [-0.4, -0.2) is 25.1 Å². The van der Waals surface area contributed by atoms with Crippen molar-refractivity contribution in [1.29, 1.82) is 0 Å². The van der Waals surface area contributed by atoms with E-state index in [2.05, 4.69) is 10.3 Å². The highest BCUT2D eigenvalue weighted by molar-refractivity contribution is 5.90. The van der Waals surface area contributed by atoms with E-state index in [0.717, 1.165) is 18.5 Å². The Bertz CT molecular complexity index is 644. The maximum atomic E-state index is 11.9. The molecule has 5 heteroatoms. The van der Waals surface area contributed by atoms with Crippen molar-refractivity contribution in [1.82, 2.24) is 4.98 Å². The van der Waals surface area contributed by atoms with E-state index >= 15 is 0 Å². The number of hydrogen-bond donors (Lipinski definition) is 1. The SMILES string of the molecule is CN(C)c1cccc2c(=O)oc(NC3CC3)nc12. The van der Waals surface area contributed by atoms with Crippen LogP contribution in [0.25, 0.3) is 10.9 Å². The molecule has 1 heterocycles. The van der Waals surface area contributed by atoms with Crippen molar-refractivity contribution in [3.63, 3.8) is 0 Å². The van der Waals surface area contributed by atoms with Gasteiger partial charge in [0.1, 0.15) is 5.52 Å². The van der Waals surface area contributed by atoms with Gasteiger partial charge in [-0.3, -0.25) is 0 Å². The van der Waals surface area contributed by atoms with Crippen LogP contribution in [0.5, 0.6) is 0 Å². The summed E-state index contributed by atoms with van der Waals surface area (Å²) in [6.45, 7) is 0. The summed E-state index contributed by atoms with van der Waals surface area (Å²) in [7, 11) is 3.86. The predicted octanol–water partition coefficient (Wildman–Crippen LogP) is 1.83. The summed E-state index contributed by atoms with van der Waals surface area (Å²) in [6.07, 6.45) is 2.22. The maximum absolute atomic E-state index is 11.9. The molecule has 0 unspecified atom stereocenters. The third-order valence-corrected chi connectivity index (χ3v) is 3.02. The molecule has 1 aliphatic carbocycles. The zero-order valence-electron chi connectivity index (χ0n) is 10.4. The van der Waals surface area contributed by atoms with Crippen LogP contribution < -0.4 is 15.8 Å². The summed E-state index contributed by atoms with van der Waals surface area (Å²) in [4.78, 5) is 18.3. The average molecular weight is 245 g/mol. The molecule has 0 saturated heterocycles. The van der Waals surface area contributed by atoms with Crippen LogP contribution in [0.15, 0.2) is 27.4 Å². The van der Waals surface area contributed by atoms with E-state index in [1.54, 1.807) is 6.07 Å². The molecule has 1 aromatic heterocycles. The van der Waals surface area contributed by atoms with Gasteiger partial charge >= 0.3 is 5.63 Å². The Balaban J connectivity index is 2.18. The van der Waals surface area contributed by atoms with E-state index < -0.39 is 0 Å². The minimum atomic E-state index is -0.341. The van der Waals surface area contributed by atoms with E-state index in [0.29, 0.717) is 23.0 Å². The van der Waals surface area contributed by atoms with Gasteiger partial charge in [0.2, 0.25) is 0 Å². The molecule has 5 nitrogen and oxygen atoms in total. The van der Waals surface area contributed by atoms with E-state index in [1.165, 1.54) is 0 Å². The van der Waals surface area contributed by atoms with Crippen LogP contribution in [0.4, 0.5) is 11.7 Å². The van der Waals surface area contributed by atoms with Gasteiger partial charge in [0.15, 0.2) is 0 Å². The van der Waals surface area contributed by atoms with Crippen LogP contribution in [-0.2, 0) is 0 Å². The first-order valence-electron chi connectivity index (χ1n) is 6.03. The summed E-state index contributed by atoms with van der Waals surface area (Å²) in [6, 6.07) is 6.25. The van der Waals surface area contributed by atoms with Crippen molar-refractivity contribution < 1.29 is 4.42 Å². The number of benzene rings is 1. The molecule has 0 aliphatic heterocycles. The van der Waals surface area contributed by atoms with Crippen LogP contribution >= 0.6 is 0 Å². The Morgan fingerprint density at radius 3 is 2.83 bits per heavy atom. The molecule has 0 spiro atoms. The summed E-state index contributed by atoms with van der Waals surface area (Å²) in [5.41, 5.74) is 1.26. The number of hydrogen-bond acceptors (Lipinski definition) is 5. The number of fused-ring (bicyclic) bond motifs is 1. The topological polar surface area (TPSA) is 58.4 Å². The van der Waals surface area contributed by atoms with Crippen LogP contribution in [0.1, 0.15) is 12.8 Å². The van der Waals surface area contributed by atoms with Crippen LogP contribution in [0, 0.1) is 0 Å². The quantitative estimate of drug-likeness (QED) is 0.894. The lowest BCUT2D eigenvalue weighted by Crippen LogP contribution is -2.13. The molecule has 0 atom stereocenters. The number of para-hydroxylation sites is 1. The second-order valence-corrected chi connectivity index (χ2v) is 4.79. The lowest BCUT2D eigenvalue weighted by molar-refractivity contribution is 0.516. The summed E-state index contributed by atoms with van der Waals surface area (Å²) >= 11 is 0. The Kier molecular flexibility index (Phi) is 2.47. The number of nitrogens with zero attached hydrogens (tertiary/aromatic N) is 2. The van der Waals surface area contributed by atoms with Gasteiger partial charge in [-0.05, 0) is 25.0 Å². The summed E-state index contributed by atoms with van der Waals surface area (Å²) < 4.78 is 5.18. The molecule has 2 aromatic rings. The predicted molar refractivity (Wildman–Crippen MR) is 71.3 cm³/mol. The van der Waals surface area contributed by atoms with Gasteiger partial charge in [0, 0.05) is 20.1 Å². The van der Waals surface area contributed by atoms with E-state index in [-0.39, 0.29) is 5.63 Å². The molecule has 94 valence electrons. The smallest absolute Gasteiger partial charge is 0.348 e. The lowest BCUT2D eigenvalue weighted by Gasteiger charge is -2.14. The molecule has 18 heavy (non-hydrogen) atoms. The molecule has 1 saturated carbocycles. The van der Waals surface area contributed by atoms with Crippen molar-refractivity contribution in [3.8, 4) is 0 Å². The van der Waals surface area contributed by atoms with Crippen molar-refractivity contribution in [2.45, 2.75) is 18.9 Å². The van der Waals surface area contributed by atoms with Crippen LogP contribution in [0.3, 0.4) is 0 Å². The molecule has 0 bridgehead atoms. The fourth-order valence-electron chi connectivity index (χ4n) is 1.91. The lowest BCUT2D eigenvalue weighted by atomic mass is 10.2. The molecule has 3 rings (SSSR count). The van der Waals surface area contributed by atoms with Crippen molar-refractivity contribution in [2.75, 3.05) is 24.3 Å². The van der Waals surface area contributed by atoms with E-state index in [9.17, 15) is 4.79 Å². The minimum absolute atomic E-state index is 0.323. The van der Waals surface area contributed by atoms with Gasteiger partial charge in [0.05, 0.1) is 11.1 Å². The summed E-state index contributed by atoms with van der Waals surface area (Å²) in [5, 5.41) is 3.63. The number of aromatic nitrogens is 1. The van der Waals surface area contributed by atoms with Gasteiger partial charge in [0.25, 0.3) is 6.01 Å². The molecular formula is C13H15N3O2. The monoisotopic (exact) mass is 245 g/mol. The van der Waals surface area contributed by atoms with Gasteiger partial charge in [-0.25, -0.2) is 4.79 Å². The average Bonchev–Trinajstić information content (AvgIpc) is 3.12. The highest BCUT2D eigenvalue weighted by atomic mass is 16.4. The first kappa shape index (κ1) is 11.1. The van der Waals surface area contributed by atoms with Gasteiger partial charge < -0.3 is 14.6 Å². The molecule has 1 aromatic carbocycles. The molecule has 1 N–H and O–H groups in total. The Morgan fingerprint density at radius 2 is 2.17 bits per heavy atom. The molecule has 0 radical (unpaired) electrons. The third-order valence-electron chi connectivity index (χ3n) is 3.02. The highest BCUT2D eigenvalue weighted by Crippen LogP contribution is 2.26. The van der Waals surface area contributed by atoms with Crippen molar-refractivity contribution in [2.24, 2.45) is 0 Å². The fourth-order valence-corrected chi connectivity index (χ4v) is 1.91. The zero-order chi connectivity index (χ0) is 12.7. The van der Waals surface area contributed by atoms with Gasteiger partial charge in [-0.15, -0.1) is 0 Å². The first-order valence-corrected chi connectivity index (χ1v) is 6.03. The molecular weight excluding hydrogens is 230 g/mol. The van der Waals surface area contributed by atoms with Crippen molar-refractivity contribution >= 4 is 22.6 Å². The number of anilines is 2. The Morgan fingerprint density at radius 1 is 1.39 bits per heavy atom. The second-order valence-electron chi connectivity index (χ2n) is 4.79. The molecule has 0 amide bonds. The van der Waals surface area contributed by atoms with E-state index in [1.807, 2.05) is 31.1 Å². The van der Waals surface area contributed by atoms with Gasteiger partial charge in [-0.1, -0.05) is 6.07 Å². The Hall–Kier alpha value is -2.04. The molecule has 1 aliphatic rings. The fraction of sp³-hybridized carbons (Fsp3) is 0.385. The van der Waals surface area contributed by atoms with Crippen LogP contribution in [0.2, 0.25) is 0 Å². The number of nitrogens with one attached hydrogen (secondary N) is 1. The normalized spacial score (nSPS) is 14.8. The number of rotatable bonds is 3. The minimum Gasteiger partial charge on any atom is -0.389 e. The maximum Gasteiger partial charge on any atom is 0.348 e. The second kappa shape index (κ2) is 4.01. The third kappa shape index (κ3) is 1.92. The van der Waals surface area contributed by atoms with Crippen molar-refractivity contribution in [3.05, 3.63) is 28.6 Å². The molecule has 1 fully saturated rings. The Labute approximate surface area is 104 Å². The highest BCUT2D eigenvalue weighted by Gasteiger charge is 2.23. The standard InChI is InChI=1S/C13H15N3O2/c1-16(2)10-5-3-4-9-11(10)15-13(18-12(9)17)14-8-6-7-8/h3-5,8H,6-7H2,1-2H3,(H,14,15). The van der Waals surface area contributed by atoms with Gasteiger partial charge in [-0.2, -0.15) is 4.98 Å². The zero-order valence-corrected chi connectivity index (χ0v) is 10.4.